The van der Waals surface area contributed by atoms with Crippen molar-refractivity contribution < 1.29 is 14.7 Å². The predicted octanol–water partition coefficient (Wildman–Crippen LogP) is 1.72. The molecule has 3 rings (SSSR count). The molecule has 1 aromatic carbocycles. The van der Waals surface area contributed by atoms with Crippen molar-refractivity contribution >= 4 is 0 Å². The van der Waals surface area contributed by atoms with Gasteiger partial charge in [0.15, 0.2) is 11.5 Å². The molecular formula is C14H14N4O3. The molecule has 0 amide bonds. The third-order valence-corrected chi connectivity index (χ3v) is 3.09. The Kier molecular flexibility index (Phi) is 3.33. The summed E-state index contributed by atoms with van der Waals surface area (Å²) in [5.74, 6) is 0.405. The Morgan fingerprint density at radius 3 is 2.81 bits per heavy atom. The summed E-state index contributed by atoms with van der Waals surface area (Å²) in [5, 5.41) is 22.6. The maximum absolute atomic E-state index is 9.47. The number of aromatic hydroxyl groups is 2. The van der Waals surface area contributed by atoms with Crippen LogP contribution in [0.1, 0.15) is 17.5 Å². The van der Waals surface area contributed by atoms with Gasteiger partial charge in [0.1, 0.15) is 0 Å². The normalized spacial score (nSPS) is 12.4. The number of rotatable bonds is 4. The van der Waals surface area contributed by atoms with E-state index in [-0.39, 0.29) is 11.5 Å². The van der Waals surface area contributed by atoms with Crippen LogP contribution in [0.5, 0.6) is 11.5 Å². The minimum Gasteiger partial charge on any atom is -0.504 e. The first-order chi connectivity index (χ1) is 10.1. The van der Waals surface area contributed by atoms with Crippen LogP contribution in [0.15, 0.2) is 41.1 Å². The van der Waals surface area contributed by atoms with Gasteiger partial charge in [-0.05, 0) is 36.2 Å². The van der Waals surface area contributed by atoms with Crippen molar-refractivity contribution in [3.63, 3.8) is 0 Å². The lowest BCUT2D eigenvalue weighted by molar-refractivity contribution is 0.354. The van der Waals surface area contributed by atoms with Gasteiger partial charge in [0.2, 0.25) is 11.7 Å². The lowest BCUT2D eigenvalue weighted by atomic mass is 10.1. The van der Waals surface area contributed by atoms with E-state index < -0.39 is 6.04 Å². The van der Waals surface area contributed by atoms with Gasteiger partial charge in [-0.2, -0.15) is 4.98 Å². The first-order valence-electron chi connectivity index (χ1n) is 6.37. The van der Waals surface area contributed by atoms with Gasteiger partial charge in [-0.3, -0.25) is 0 Å². The third kappa shape index (κ3) is 2.72. The van der Waals surface area contributed by atoms with Gasteiger partial charge in [-0.15, -0.1) is 0 Å². The molecule has 0 aliphatic heterocycles. The smallest absolute Gasteiger partial charge is 0.244 e. The van der Waals surface area contributed by atoms with Crippen molar-refractivity contribution in [1.82, 2.24) is 15.1 Å². The zero-order valence-corrected chi connectivity index (χ0v) is 11.0. The van der Waals surface area contributed by atoms with Crippen molar-refractivity contribution in [2.24, 2.45) is 5.73 Å². The van der Waals surface area contributed by atoms with Crippen molar-refractivity contribution in [1.29, 1.82) is 0 Å². The second kappa shape index (κ2) is 5.29. The molecule has 2 heterocycles. The monoisotopic (exact) mass is 286 g/mol. The number of phenols is 2. The second-order valence-corrected chi connectivity index (χ2v) is 4.67. The minimum atomic E-state index is -0.495. The first-order valence-corrected chi connectivity index (χ1v) is 6.37. The largest absolute Gasteiger partial charge is 0.504 e. The summed E-state index contributed by atoms with van der Waals surface area (Å²) >= 11 is 0. The van der Waals surface area contributed by atoms with Crippen LogP contribution in [-0.4, -0.2) is 25.3 Å². The van der Waals surface area contributed by atoms with Gasteiger partial charge >= 0.3 is 0 Å². The first kappa shape index (κ1) is 13.2. The zero-order valence-electron chi connectivity index (χ0n) is 11.0. The SMILES string of the molecule is NC(Cc1ccc(O)c(O)c1)c1nc(-c2ccc[nH]2)no1. The van der Waals surface area contributed by atoms with E-state index >= 15 is 0 Å². The Hall–Kier alpha value is -2.80. The molecule has 7 heteroatoms. The molecule has 0 bridgehead atoms. The van der Waals surface area contributed by atoms with E-state index in [4.69, 9.17) is 10.3 Å². The molecule has 1 unspecified atom stereocenters. The van der Waals surface area contributed by atoms with E-state index in [1.165, 1.54) is 12.1 Å². The average molecular weight is 286 g/mol. The molecule has 0 aliphatic rings. The molecule has 3 aromatic rings. The van der Waals surface area contributed by atoms with Crippen molar-refractivity contribution in [3.8, 4) is 23.0 Å². The number of hydrogen-bond donors (Lipinski definition) is 4. The highest BCUT2D eigenvalue weighted by Gasteiger charge is 2.17. The van der Waals surface area contributed by atoms with E-state index in [0.717, 1.165) is 11.3 Å². The molecule has 0 saturated carbocycles. The van der Waals surface area contributed by atoms with Crippen LogP contribution in [0.2, 0.25) is 0 Å². The van der Waals surface area contributed by atoms with E-state index in [2.05, 4.69) is 15.1 Å². The van der Waals surface area contributed by atoms with Crippen LogP contribution < -0.4 is 5.73 Å². The summed E-state index contributed by atoms with van der Waals surface area (Å²) in [7, 11) is 0. The molecule has 0 aliphatic carbocycles. The van der Waals surface area contributed by atoms with Crippen LogP contribution >= 0.6 is 0 Å². The highest BCUT2D eigenvalue weighted by Crippen LogP contribution is 2.27. The van der Waals surface area contributed by atoms with Crippen LogP contribution in [0.4, 0.5) is 0 Å². The maximum atomic E-state index is 9.47. The summed E-state index contributed by atoms with van der Waals surface area (Å²) in [6.45, 7) is 0. The molecule has 1 atom stereocenters. The van der Waals surface area contributed by atoms with Gasteiger partial charge in [-0.1, -0.05) is 11.2 Å². The fraction of sp³-hybridized carbons (Fsp3) is 0.143. The molecule has 5 N–H and O–H groups in total. The molecule has 0 spiro atoms. The fourth-order valence-electron chi connectivity index (χ4n) is 2.00. The molecular weight excluding hydrogens is 272 g/mol. The summed E-state index contributed by atoms with van der Waals surface area (Å²) in [4.78, 5) is 7.23. The van der Waals surface area contributed by atoms with Crippen molar-refractivity contribution in [3.05, 3.63) is 48.0 Å². The molecule has 108 valence electrons. The number of nitrogens with one attached hydrogen (secondary N) is 1. The molecule has 0 radical (unpaired) electrons. The summed E-state index contributed by atoms with van der Waals surface area (Å²) in [6.07, 6.45) is 2.17. The van der Waals surface area contributed by atoms with Gasteiger partial charge in [-0.25, -0.2) is 0 Å². The molecule has 21 heavy (non-hydrogen) atoms. The van der Waals surface area contributed by atoms with E-state index in [9.17, 15) is 10.2 Å². The maximum Gasteiger partial charge on any atom is 0.244 e. The zero-order chi connectivity index (χ0) is 14.8. The van der Waals surface area contributed by atoms with Crippen LogP contribution in [0.3, 0.4) is 0 Å². The number of phenolic OH excluding ortho intramolecular Hbond substituents is 2. The number of hydrogen-bond acceptors (Lipinski definition) is 6. The summed E-state index contributed by atoms with van der Waals surface area (Å²) < 4.78 is 5.16. The Bertz CT molecular complexity index is 737. The molecule has 0 fully saturated rings. The average Bonchev–Trinajstić information content (AvgIpc) is 3.12. The second-order valence-electron chi connectivity index (χ2n) is 4.67. The van der Waals surface area contributed by atoms with Gasteiger partial charge in [0, 0.05) is 6.20 Å². The number of nitrogens with zero attached hydrogens (tertiary/aromatic N) is 2. The number of aromatic nitrogens is 3. The fourth-order valence-corrected chi connectivity index (χ4v) is 2.00. The minimum absolute atomic E-state index is 0.167. The summed E-state index contributed by atoms with van der Waals surface area (Å²) in [6, 6.07) is 7.72. The van der Waals surface area contributed by atoms with Gasteiger partial charge in [0.25, 0.3) is 0 Å². The lowest BCUT2D eigenvalue weighted by Gasteiger charge is -2.07. The Morgan fingerprint density at radius 1 is 1.24 bits per heavy atom. The van der Waals surface area contributed by atoms with Crippen LogP contribution in [0.25, 0.3) is 11.5 Å². The third-order valence-electron chi connectivity index (χ3n) is 3.09. The van der Waals surface area contributed by atoms with Crippen molar-refractivity contribution in [2.45, 2.75) is 12.5 Å². The van der Waals surface area contributed by atoms with E-state index in [1.54, 1.807) is 12.3 Å². The van der Waals surface area contributed by atoms with Gasteiger partial charge in [0.05, 0.1) is 11.7 Å². The standard InChI is InChI=1S/C14H14N4O3/c15-9(6-8-3-4-11(19)12(20)7-8)14-17-13(18-21-14)10-2-1-5-16-10/h1-5,7,9,16,19-20H,6,15H2. The van der Waals surface area contributed by atoms with Gasteiger partial charge < -0.3 is 25.5 Å². The molecule has 2 aromatic heterocycles. The number of nitrogens with two attached hydrogens (primary N) is 1. The highest BCUT2D eigenvalue weighted by molar-refractivity contribution is 5.48. The molecule has 7 nitrogen and oxygen atoms in total. The lowest BCUT2D eigenvalue weighted by Crippen LogP contribution is -2.13. The Balaban J connectivity index is 1.76. The van der Waals surface area contributed by atoms with Crippen LogP contribution in [-0.2, 0) is 6.42 Å². The quantitative estimate of drug-likeness (QED) is 0.542. The van der Waals surface area contributed by atoms with E-state index in [1.807, 2.05) is 12.1 Å². The van der Waals surface area contributed by atoms with E-state index in [0.29, 0.717) is 18.1 Å². The molecule has 0 saturated heterocycles. The Morgan fingerprint density at radius 2 is 2.10 bits per heavy atom. The predicted molar refractivity (Wildman–Crippen MR) is 74.5 cm³/mol. The Labute approximate surface area is 120 Å². The topological polar surface area (TPSA) is 121 Å². The van der Waals surface area contributed by atoms with Crippen LogP contribution in [0, 0.1) is 0 Å². The number of aromatic amines is 1. The highest BCUT2D eigenvalue weighted by atomic mass is 16.5. The van der Waals surface area contributed by atoms with Crippen molar-refractivity contribution in [2.75, 3.05) is 0 Å². The number of H-pyrrole nitrogens is 1. The number of benzene rings is 1. The summed E-state index contributed by atoms with van der Waals surface area (Å²) in [5.41, 5.74) is 7.54.